The second kappa shape index (κ2) is 4.73. The minimum absolute atomic E-state index is 0.0751. The van der Waals surface area contributed by atoms with Gasteiger partial charge in [-0.15, -0.1) is 0 Å². The van der Waals surface area contributed by atoms with Gasteiger partial charge in [0.15, 0.2) is 5.78 Å². The molecule has 0 aliphatic carbocycles. The smallest absolute Gasteiger partial charge is 0.168 e. The first-order chi connectivity index (χ1) is 7.66. The highest BCUT2D eigenvalue weighted by atomic mass is 35.5. The first kappa shape index (κ1) is 11.2. The summed E-state index contributed by atoms with van der Waals surface area (Å²) >= 11 is 11.7. The van der Waals surface area contributed by atoms with E-state index in [-0.39, 0.29) is 12.2 Å². The molecule has 0 saturated heterocycles. The van der Waals surface area contributed by atoms with Gasteiger partial charge < -0.3 is 4.42 Å². The summed E-state index contributed by atoms with van der Waals surface area (Å²) < 4.78 is 4.89. The van der Waals surface area contributed by atoms with Crippen LogP contribution in [-0.2, 0) is 6.42 Å². The van der Waals surface area contributed by atoms with Gasteiger partial charge in [0.2, 0.25) is 0 Å². The van der Waals surface area contributed by atoms with E-state index in [0.29, 0.717) is 15.6 Å². The summed E-state index contributed by atoms with van der Waals surface area (Å²) in [4.78, 5) is 11.9. The third-order valence-electron chi connectivity index (χ3n) is 2.17. The molecule has 1 aromatic carbocycles. The molecule has 4 heteroatoms. The zero-order valence-electron chi connectivity index (χ0n) is 8.24. The normalized spacial score (nSPS) is 10.4. The number of hydrogen-bond acceptors (Lipinski definition) is 2. The van der Waals surface area contributed by atoms with E-state index in [1.54, 1.807) is 24.3 Å². The Labute approximate surface area is 103 Å². The van der Waals surface area contributed by atoms with Crippen LogP contribution in [0, 0.1) is 0 Å². The molecule has 0 aliphatic heterocycles. The Kier molecular flexibility index (Phi) is 3.32. The maximum atomic E-state index is 11.9. The Morgan fingerprint density at radius 1 is 1.25 bits per heavy atom. The molecule has 0 aliphatic rings. The SMILES string of the molecule is O=C(Cc1ccoc1)c1cc(Cl)ccc1Cl. The monoisotopic (exact) mass is 254 g/mol. The Morgan fingerprint density at radius 2 is 2.06 bits per heavy atom. The van der Waals surface area contributed by atoms with Gasteiger partial charge in [-0.3, -0.25) is 4.79 Å². The molecule has 16 heavy (non-hydrogen) atoms. The molecule has 0 fully saturated rings. The number of halogens is 2. The van der Waals surface area contributed by atoms with Gasteiger partial charge in [0, 0.05) is 17.0 Å². The molecule has 0 saturated carbocycles. The highest BCUT2D eigenvalue weighted by molar-refractivity contribution is 6.35. The Bertz CT molecular complexity index is 504. The van der Waals surface area contributed by atoms with Crippen molar-refractivity contribution >= 4 is 29.0 Å². The maximum Gasteiger partial charge on any atom is 0.168 e. The average Bonchev–Trinajstić information content (AvgIpc) is 2.74. The van der Waals surface area contributed by atoms with Crippen LogP contribution < -0.4 is 0 Å². The molecule has 2 aromatic rings. The van der Waals surface area contributed by atoms with Crippen LogP contribution in [0.5, 0.6) is 0 Å². The standard InChI is InChI=1S/C12H8Cl2O2/c13-9-1-2-11(14)10(6-9)12(15)5-8-3-4-16-7-8/h1-4,6-7H,5H2. The molecule has 2 nitrogen and oxygen atoms in total. The molecule has 0 radical (unpaired) electrons. The highest BCUT2D eigenvalue weighted by Crippen LogP contribution is 2.22. The molecule has 82 valence electrons. The van der Waals surface area contributed by atoms with E-state index in [4.69, 9.17) is 27.6 Å². The minimum Gasteiger partial charge on any atom is -0.472 e. The first-order valence-electron chi connectivity index (χ1n) is 4.66. The summed E-state index contributed by atoms with van der Waals surface area (Å²) in [6, 6.07) is 6.59. The lowest BCUT2D eigenvalue weighted by atomic mass is 10.1. The lowest BCUT2D eigenvalue weighted by Crippen LogP contribution is -2.03. The van der Waals surface area contributed by atoms with E-state index >= 15 is 0 Å². The van der Waals surface area contributed by atoms with Crippen molar-refractivity contribution in [1.29, 1.82) is 0 Å². The average molecular weight is 255 g/mol. The summed E-state index contributed by atoms with van der Waals surface area (Å²) in [6.45, 7) is 0. The third kappa shape index (κ3) is 2.46. The van der Waals surface area contributed by atoms with E-state index in [0.717, 1.165) is 5.56 Å². The molecule has 1 heterocycles. The quantitative estimate of drug-likeness (QED) is 0.775. The van der Waals surface area contributed by atoms with Crippen molar-refractivity contribution in [2.24, 2.45) is 0 Å². The molecule has 2 rings (SSSR count). The number of ketones is 1. The third-order valence-corrected chi connectivity index (χ3v) is 2.74. The topological polar surface area (TPSA) is 30.2 Å². The van der Waals surface area contributed by atoms with Crippen LogP contribution in [0.15, 0.2) is 41.2 Å². The molecule has 1 aromatic heterocycles. The lowest BCUT2D eigenvalue weighted by Gasteiger charge is -2.02. The van der Waals surface area contributed by atoms with Crippen molar-refractivity contribution in [3.63, 3.8) is 0 Å². The van der Waals surface area contributed by atoms with Crippen LogP contribution in [0.1, 0.15) is 15.9 Å². The zero-order chi connectivity index (χ0) is 11.5. The van der Waals surface area contributed by atoms with Gasteiger partial charge in [0.05, 0.1) is 17.5 Å². The van der Waals surface area contributed by atoms with Crippen molar-refractivity contribution in [3.8, 4) is 0 Å². The molecule has 0 atom stereocenters. The van der Waals surface area contributed by atoms with Gasteiger partial charge in [0.25, 0.3) is 0 Å². The number of furan rings is 1. The fraction of sp³-hybridized carbons (Fsp3) is 0.0833. The van der Waals surface area contributed by atoms with E-state index < -0.39 is 0 Å². The molecule has 0 amide bonds. The molecule has 0 unspecified atom stereocenters. The highest BCUT2D eigenvalue weighted by Gasteiger charge is 2.12. The van der Waals surface area contributed by atoms with Crippen LogP contribution in [0.25, 0.3) is 0 Å². The lowest BCUT2D eigenvalue weighted by molar-refractivity contribution is 0.0993. The number of hydrogen-bond donors (Lipinski definition) is 0. The summed E-state index contributed by atoms with van der Waals surface area (Å²) in [7, 11) is 0. The minimum atomic E-state index is -0.0751. The van der Waals surface area contributed by atoms with Crippen molar-refractivity contribution in [2.75, 3.05) is 0 Å². The van der Waals surface area contributed by atoms with Crippen LogP contribution in [0.4, 0.5) is 0 Å². The number of benzene rings is 1. The largest absolute Gasteiger partial charge is 0.472 e. The molecule has 0 bridgehead atoms. The number of rotatable bonds is 3. The molecular formula is C12H8Cl2O2. The van der Waals surface area contributed by atoms with Crippen molar-refractivity contribution in [3.05, 3.63) is 58.0 Å². The van der Waals surface area contributed by atoms with E-state index in [2.05, 4.69) is 0 Å². The van der Waals surface area contributed by atoms with Crippen LogP contribution in [0.3, 0.4) is 0 Å². The Hall–Kier alpha value is -1.25. The van der Waals surface area contributed by atoms with Crippen molar-refractivity contribution in [1.82, 2.24) is 0 Å². The second-order valence-electron chi connectivity index (χ2n) is 3.36. The van der Waals surface area contributed by atoms with E-state index in [9.17, 15) is 4.79 Å². The maximum absolute atomic E-state index is 11.9. The number of carbonyl (C=O) groups is 1. The van der Waals surface area contributed by atoms with Crippen LogP contribution >= 0.6 is 23.2 Å². The Balaban J connectivity index is 2.24. The van der Waals surface area contributed by atoms with E-state index in [1.165, 1.54) is 12.5 Å². The van der Waals surface area contributed by atoms with Crippen LogP contribution in [-0.4, -0.2) is 5.78 Å². The number of Topliss-reactive ketones (excluding diaryl/α,β-unsaturated/α-hetero) is 1. The van der Waals surface area contributed by atoms with Crippen molar-refractivity contribution < 1.29 is 9.21 Å². The molecule has 0 spiro atoms. The summed E-state index contributed by atoms with van der Waals surface area (Å²) in [5.74, 6) is -0.0751. The zero-order valence-corrected chi connectivity index (χ0v) is 9.76. The predicted molar refractivity (Wildman–Crippen MR) is 63.2 cm³/mol. The van der Waals surface area contributed by atoms with Crippen molar-refractivity contribution in [2.45, 2.75) is 6.42 Å². The van der Waals surface area contributed by atoms with Gasteiger partial charge in [-0.05, 0) is 29.8 Å². The summed E-state index contributed by atoms with van der Waals surface area (Å²) in [6.07, 6.45) is 3.33. The van der Waals surface area contributed by atoms with Gasteiger partial charge in [0.1, 0.15) is 0 Å². The summed E-state index contributed by atoms with van der Waals surface area (Å²) in [5, 5.41) is 0.915. The van der Waals surface area contributed by atoms with Gasteiger partial charge in [-0.25, -0.2) is 0 Å². The fourth-order valence-electron chi connectivity index (χ4n) is 1.39. The predicted octanol–water partition coefficient (Wildman–Crippen LogP) is 4.01. The number of carbonyl (C=O) groups excluding carboxylic acids is 1. The van der Waals surface area contributed by atoms with Gasteiger partial charge >= 0.3 is 0 Å². The summed E-state index contributed by atoms with van der Waals surface area (Å²) in [5.41, 5.74) is 1.26. The molecule has 0 N–H and O–H groups in total. The molecular weight excluding hydrogens is 247 g/mol. The van der Waals surface area contributed by atoms with Gasteiger partial charge in [-0.2, -0.15) is 0 Å². The fourth-order valence-corrected chi connectivity index (χ4v) is 1.78. The van der Waals surface area contributed by atoms with E-state index in [1.807, 2.05) is 0 Å². The Morgan fingerprint density at radius 3 is 2.75 bits per heavy atom. The first-order valence-corrected chi connectivity index (χ1v) is 5.42. The van der Waals surface area contributed by atoms with Gasteiger partial charge in [-0.1, -0.05) is 23.2 Å². The van der Waals surface area contributed by atoms with Crippen LogP contribution in [0.2, 0.25) is 10.0 Å². The second-order valence-corrected chi connectivity index (χ2v) is 4.20.